The molecule has 2 heterocycles. The molecule has 2 rings (SSSR count). The van der Waals surface area contributed by atoms with Crippen molar-refractivity contribution in [2.45, 2.75) is 24.6 Å². The van der Waals surface area contributed by atoms with E-state index in [0.29, 0.717) is 0 Å². The number of nitrogens with one attached hydrogen (secondary N) is 1. The van der Waals surface area contributed by atoms with Gasteiger partial charge in [-0.3, -0.25) is 18.9 Å². The number of hydrogen-bond acceptors (Lipinski definition) is 6. The lowest BCUT2D eigenvalue weighted by Gasteiger charge is -2.16. The molecule has 0 amide bonds. The van der Waals surface area contributed by atoms with Gasteiger partial charge in [0, 0.05) is 6.20 Å². The fourth-order valence-electron chi connectivity index (χ4n) is 1.89. The number of ether oxygens (including phenoxy) is 1. The lowest BCUT2D eigenvalue weighted by atomic mass is 10.1. The molecule has 4 atom stereocenters. The molecule has 124 valence electrons. The minimum atomic E-state index is -4.81. The second kappa shape index (κ2) is 6.47. The molecular weight excluding hydrogens is 441 g/mol. The number of aromatic nitrogens is 2. The van der Waals surface area contributed by atoms with E-state index in [2.05, 4.69) is 4.52 Å². The number of rotatable bonds is 4. The molecule has 0 spiro atoms. The Balaban J connectivity index is 2.23. The highest BCUT2D eigenvalue weighted by Gasteiger charge is 2.46. The van der Waals surface area contributed by atoms with Gasteiger partial charge in [-0.2, -0.15) is 0 Å². The van der Waals surface area contributed by atoms with Crippen molar-refractivity contribution >= 4 is 30.4 Å². The molecule has 0 bridgehead atoms. The summed E-state index contributed by atoms with van der Waals surface area (Å²) in [5.41, 5.74) is -1.60. The Labute approximate surface area is 135 Å². The third kappa shape index (κ3) is 3.82. The largest absolute Gasteiger partial charge is 0.469 e. The maximum Gasteiger partial charge on any atom is 0.469 e. The Kier molecular flexibility index (Phi) is 5.21. The summed E-state index contributed by atoms with van der Waals surface area (Å²) in [6.07, 6.45) is -5.70. The molecule has 13 heteroatoms. The first-order valence-corrected chi connectivity index (χ1v) is 8.39. The highest BCUT2D eigenvalue weighted by molar-refractivity contribution is 14.1. The average molecular weight is 452 g/mol. The highest BCUT2D eigenvalue weighted by Crippen LogP contribution is 2.38. The Bertz CT molecular complexity index is 716. The van der Waals surface area contributed by atoms with Gasteiger partial charge in [-0.05, 0) is 22.6 Å². The molecule has 0 aliphatic carbocycles. The minimum absolute atomic E-state index is 0.0948. The zero-order valence-corrected chi connectivity index (χ0v) is 13.7. The number of aromatic amines is 1. The Hall–Kier alpha value is -0.630. The first-order chi connectivity index (χ1) is 10.1. The predicted molar refractivity (Wildman–Crippen MR) is 76.8 cm³/mol. The number of aliphatic hydroxyl groups excluding tert-OH is 1. The SMILES string of the molecule is O=c1[nH]c(=O)n(C2OC(COP(=O)(O)O)C(O)C2F)cc1I. The maximum absolute atomic E-state index is 14.1. The average Bonchev–Trinajstić information content (AvgIpc) is 2.68. The molecular formula is C9H11FIN2O8P. The maximum atomic E-state index is 14.1. The molecule has 1 fully saturated rings. The lowest BCUT2D eigenvalue weighted by molar-refractivity contribution is -0.0484. The van der Waals surface area contributed by atoms with Crippen LogP contribution in [0.15, 0.2) is 15.8 Å². The van der Waals surface area contributed by atoms with Crippen molar-refractivity contribution in [3.63, 3.8) is 0 Å². The van der Waals surface area contributed by atoms with Crippen LogP contribution < -0.4 is 11.2 Å². The van der Waals surface area contributed by atoms with Crippen LogP contribution in [0.25, 0.3) is 0 Å². The number of aliphatic hydroxyl groups is 1. The standard InChI is InChI=1S/C9H11FIN2O8P/c10-5-6(14)4(2-20-22(17,18)19)21-8(5)13-1-3(11)7(15)12-9(13)16/h1,4-6,8,14H,2H2,(H,12,15,16)(H2,17,18,19). The van der Waals surface area contributed by atoms with Crippen molar-refractivity contribution in [3.8, 4) is 0 Å². The van der Waals surface area contributed by atoms with E-state index in [9.17, 15) is 23.7 Å². The van der Waals surface area contributed by atoms with E-state index in [1.165, 1.54) is 0 Å². The van der Waals surface area contributed by atoms with Gasteiger partial charge in [-0.15, -0.1) is 0 Å². The molecule has 0 saturated carbocycles. The molecule has 1 saturated heterocycles. The van der Waals surface area contributed by atoms with Crippen LogP contribution in [0.5, 0.6) is 0 Å². The normalized spacial score (nSPS) is 29.0. The fraction of sp³-hybridized carbons (Fsp3) is 0.556. The van der Waals surface area contributed by atoms with E-state index in [1.54, 1.807) is 22.6 Å². The van der Waals surface area contributed by atoms with Crippen LogP contribution in [0.4, 0.5) is 4.39 Å². The summed E-state index contributed by atoms with van der Waals surface area (Å²) in [6, 6.07) is 0. The Morgan fingerprint density at radius 2 is 2.14 bits per heavy atom. The Morgan fingerprint density at radius 3 is 2.73 bits per heavy atom. The monoisotopic (exact) mass is 452 g/mol. The van der Waals surface area contributed by atoms with Gasteiger partial charge in [-0.1, -0.05) is 0 Å². The van der Waals surface area contributed by atoms with Gasteiger partial charge >= 0.3 is 13.5 Å². The van der Waals surface area contributed by atoms with Gasteiger partial charge in [0.1, 0.15) is 12.2 Å². The van der Waals surface area contributed by atoms with Crippen molar-refractivity contribution in [2.24, 2.45) is 0 Å². The van der Waals surface area contributed by atoms with Crippen molar-refractivity contribution in [1.82, 2.24) is 9.55 Å². The number of nitrogens with zero attached hydrogens (tertiary/aromatic N) is 1. The summed E-state index contributed by atoms with van der Waals surface area (Å²) in [5.74, 6) is 0. The summed E-state index contributed by atoms with van der Waals surface area (Å²) in [6.45, 7) is -0.766. The molecule has 0 radical (unpaired) electrons. The predicted octanol–water partition coefficient (Wildman–Crippen LogP) is -1.15. The number of hydrogen-bond donors (Lipinski definition) is 4. The molecule has 22 heavy (non-hydrogen) atoms. The zero-order chi connectivity index (χ0) is 16.7. The number of phosphoric ester groups is 1. The van der Waals surface area contributed by atoms with Gasteiger partial charge in [0.2, 0.25) is 0 Å². The van der Waals surface area contributed by atoms with E-state index in [-0.39, 0.29) is 3.57 Å². The third-order valence-electron chi connectivity index (χ3n) is 2.90. The number of alkyl halides is 1. The highest BCUT2D eigenvalue weighted by atomic mass is 127. The molecule has 10 nitrogen and oxygen atoms in total. The van der Waals surface area contributed by atoms with Gasteiger partial charge < -0.3 is 19.6 Å². The quantitative estimate of drug-likeness (QED) is 0.330. The van der Waals surface area contributed by atoms with E-state index < -0.39 is 50.3 Å². The van der Waals surface area contributed by atoms with Crippen molar-refractivity contribution < 1.29 is 33.1 Å². The molecule has 0 aromatic carbocycles. The molecule has 1 aliphatic heterocycles. The zero-order valence-electron chi connectivity index (χ0n) is 10.6. The summed E-state index contributed by atoms with van der Waals surface area (Å²) in [5, 5.41) is 9.68. The second-order valence-corrected chi connectivity index (χ2v) is 6.83. The fourth-order valence-corrected chi connectivity index (χ4v) is 2.66. The Morgan fingerprint density at radius 1 is 1.50 bits per heavy atom. The number of halogens is 2. The van der Waals surface area contributed by atoms with Crippen molar-refractivity contribution in [2.75, 3.05) is 6.61 Å². The molecule has 4 N–H and O–H groups in total. The summed E-state index contributed by atoms with van der Waals surface area (Å²) >= 11 is 1.63. The van der Waals surface area contributed by atoms with Crippen LogP contribution >= 0.6 is 30.4 Å². The molecule has 1 aromatic heterocycles. The first-order valence-electron chi connectivity index (χ1n) is 5.79. The molecule has 4 unspecified atom stereocenters. The van der Waals surface area contributed by atoms with Crippen LogP contribution in [0.2, 0.25) is 0 Å². The third-order valence-corrected chi connectivity index (χ3v) is 4.15. The van der Waals surface area contributed by atoms with Gasteiger partial charge in [0.05, 0.1) is 10.2 Å². The van der Waals surface area contributed by atoms with Crippen LogP contribution in [0.1, 0.15) is 6.23 Å². The van der Waals surface area contributed by atoms with E-state index in [1.807, 2.05) is 4.98 Å². The van der Waals surface area contributed by atoms with Gasteiger partial charge in [0.15, 0.2) is 12.4 Å². The van der Waals surface area contributed by atoms with E-state index in [4.69, 9.17) is 14.5 Å². The minimum Gasteiger partial charge on any atom is -0.387 e. The number of H-pyrrole nitrogens is 1. The molecule has 1 aliphatic rings. The van der Waals surface area contributed by atoms with Crippen LogP contribution in [0, 0.1) is 3.57 Å². The summed E-state index contributed by atoms with van der Waals surface area (Å²) in [4.78, 5) is 42.1. The van der Waals surface area contributed by atoms with Crippen molar-refractivity contribution in [3.05, 3.63) is 30.6 Å². The van der Waals surface area contributed by atoms with Crippen LogP contribution in [-0.4, -0.2) is 49.4 Å². The van der Waals surface area contributed by atoms with Crippen molar-refractivity contribution in [1.29, 1.82) is 0 Å². The van der Waals surface area contributed by atoms with E-state index >= 15 is 0 Å². The summed E-state index contributed by atoms with van der Waals surface area (Å²) < 4.78 is 34.8. The first kappa shape index (κ1) is 17.7. The number of phosphoric acid groups is 1. The summed E-state index contributed by atoms with van der Waals surface area (Å²) in [7, 11) is -4.81. The second-order valence-electron chi connectivity index (χ2n) is 4.43. The van der Waals surface area contributed by atoms with Crippen LogP contribution in [0.3, 0.4) is 0 Å². The lowest BCUT2D eigenvalue weighted by Crippen LogP contribution is -2.37. The van der Waals surface area contributed by atoms with Gasteiger partial charge in [-0.25, -0.2) is 13.8 Å². The topological polar surface area (TPSA) is 151 Å². The van der Waals surface area contributed by atoms with Gasteiger partial charge in [0.25, 0.3) is 5.56 Å². The van der Waals surface area contributed by atoms with E-state index in [0.717, 1.165) is 10.8 Å². The van der Waals surface area contributed by atoms with Crippen LogP contribution in [-0.2, 0) is 13.8 Å². The smallest absolute Gasteiger partial charge is 0.387 e. The molecule has 1 aromatic rings.